The molecule has 8 nitrogen and oxygen atoms in total. The standard InChI is InChI=1S/C23H36FN7O/c24-16-9-13-30(14-10-16)18-7-5-17(6-8-18)26-21-20-19(15-25-29-22(20)32)27-23(28-21)31-11-3-1-2-4-12-31/h5-8,16,19-21,23,25-28H,1-4,9-15H2,(H,29,32). The summed E-state index contributed by atoms with van der Waals surface area (Å²) in [7, 11) is 0. The molecule has 4 aliphatic rings. The Morgan fingerprint density at radius 1 is 0.938 bits per heavy atom. The van der Waals surface area contributed by atoms with Crippen molar-refractivity contribution in [3.8, 4) is 0 Å². The lowest BCUT2D eigenvalue weighted by Crippen LogP contribution is -2.76. The maximum atomic E-state index is 13.5. The van der Waals surface area contributed by atoms with Gasteiger partial charge in [0.25, 0.3) is 0 Å². The molecular weight excluding hydrogens is 409 g/mol. The third-order valence-electron chi connectivity index (χ3n) is 7.32. The Morgan fingerprint density at radius 2 is 1.66 bits per heavy atom. The second-order valence-electron chi connectivity index (χ2n) is 9.52. The first-order chi connectivity index (χ1) is 15.7. The molecule has 4 unspecified atom stereocenters. The summed E-state index contributed by atoms with van der Waals surface area (Å²) in [5, 5.41) is 10.9. The summed E-state index contributed by atoms with van der Waals surface area (Å²) in [6, 6.07) is 8.37. The van der Waals surface area contributed by atoms with Gasteiger partial charge in [0.15, 0.2) is 0 Å². The maximum Gasteiger partial charge on any atom is 0.242 e. The molecule has 0 spiro atoms. The van der Waals surface area contributed by atoms with Gasteiger partial charge in [-0.3, -0.25) is 25.8 Å². The van der Waals surface area contributed by atoms with Gasteiger partial charge < -0.3 is 10.2 Å². The van der Waals surface area contributed by atoms with Crippen molar-refractivity contribution in [2.75, 3.05) is 42.9 Å². The number of alkyl halides is 1. The van der Waals surface area contributed by atoms with Gasteiger partial charge in [-0.1, -0.05) is 12.8 Å². The number of hydrogen-bond acceptors (Lipinski definition) is 7. The predicted octanol–water partition coefficient (Wildman–Crippen LogP) is 1.33. The van der Waals surface area contributed by atoms with E-state index in [2.05, 4.69) is 60.9 Å². The summed E-state index contributed by atoms with van der Waals surface area (Å²) >= 11 is 0. The molecule has 1 amide bonds. The maximum absolute atomic E-state index is 13.5. The molecule has 5 rings (SSSR count). The normalized spacial score (nSPS) is 32.7. The molecule has 4 saturated heterocycles. The molecule has 0 aromatic heterocycles. The number of fused-ring (bicyclic) bond motifs is 1. The number of halogens is 1. The molecule has 176 valence electrons. The van der Waals surface area contributed by atoms with E-state index in [1.807, 2.05) is 0 Å². The highest BCUT2D eigenvalue weighted by atomic mass is 19.1. The monoisotopic (exact) mass is 445 g/mol. The molecule has 0 radical (unpaired) electrons. The van der Waals surface area contributed by atoms with Gasteiger partial charge in [0.05, 0.1) is 12.1 Å². The number of nitrogens with one attached hydrogen (secondary N) is 5. The van der Waals surface area contributed by atoms with Crippen LogP contribution >= 0.6 is 0 Å². The molecular formula is C23H36FN7O. The lowest BCUT2D eigenvalue weighted by Gasteiger charge is -2.48. The Balaban J connectivity index is 1.29. The van der Waals surface area contributed by atoms with Crippen LogP contribution in [0.5, 0.6) is 0 Å². The van der Waals surface area contributed by atoms with Gasteiger partial charge in [-0.15, -0.1) is 0 Å². The first-order valence-corrected chi connectivity index (χ1v) is 12.2. The Bertz CT molecular complexity index is 762. The van der Waals surface area contributed by atoms with Crippen molar-refractivity contribution in [1.82, 2.24) is 26.4 Å². The fraction of sp³-hybridized carbons (Fsp3) is 0.696. The van der Waals surface area contributed by atoms with Crippen LogP contribution in [-0.4, -0.2) is 68.2 Å². The zero-order valence-electron chi connectivity index (χ0n) is 18.7. The van der Waals surface area contributed by atoms with Crippen LogP contribution in [0.2, 0.25) is 0 Å². The SMILES string of the molecule is O=C1NNCC2NC(N3CCCCCC3)NC(Nc3ccc(N4CCC(F)CC4)cc3)C12. The summed E-state index contributed by atoms with van der Waals surface area (Å²) in [6.07, 6.45) is 5.40. The van der Waals surface area contributed by atoms with Crippen molar-refractivity contribution < 1.29 is 9.18 Å². The smallest absolute Gasteiger partial charge is 0.242 e. The van der Waals surface area contributed by atoms with Crippen molar-refractivity contribution in [1.29, 1.82) is 0 Å². The molecule has 9 heteroatoms. The second-order valence-corrected chi connectivity index (χ2v) is 9.52. The molecule has 1 aromatic rings. The van der Waals surface area contributed by atoms with Gasteiger partial charge in [0, 0.05) is 50.1 Å². The van der Waals surface area contributed by atoms with Gasteiger partial charge in [-0.25, -0.2) is 9.82 Å². The van der Waals surface area contributed by atoms with Gasteiger partial charge in [0.1, 0.15) is 12.5 Å². The first kappa shape index (κ1) is 21.9. The Labute approximate surface area is 189 Å². The molecule has 0 aliphatic carbocycles. The summed E-state index contributed by atoms with van der Waals surface area (Å²) in [5.41, 5.74) is 7.94. The van der Waals surface area contributed by atoms with E-state index in [1.54, 1.807) is 0 Å². The van der Waals surface area contributed by atoms with Crippen LogP contribution in [-0.2, 0) is 4.79 Å². The van der Waals surface area contributed by atoms with E-state index in [-0.39, 0.29) is 30.3 Å². The van der Waals surface area contributed by atoms with E-state index >= 15 is 0 Å². The molecule has 4 aliphatic heterocycles. The summed E-state index contributed by atoms with van der Waals surface area (Å²) in [6.45, 7) is 4.36. The highest BCUT2D eigenvalue weighted by Gasteiger charge is 2.44. The number of piperidine rings is 1. The van der Waals surface area contributed by atoms with Crippen molar-refractivity contribution in [3.63, 3.8) is 0 Å². The summed E-state index contributed by atoms with van der Waals surface area (Å²) in [5.74, 6) is -0.221. The predicted molar refractivity (Wildman–Crippen MR) is 124 cm³/mol. The van der Waals surface area contributed by atoms with Crippen molar-refractivity contribution in [3.05, 3.63) is 24.3 Å². The second kappa shape index (κ2) is 9.91. The zero-order valence-corrected chi connectivity index (χ0v) is 18.7. The van der Waals surface area contributed by atoms with E-state index < -0.39 is 6.17 Å². The van der Waals surface area contributed by atoms with E-state index in [0.717, 1.165) is 37.6 Å². The van der Waals surface area contributed by atoms with E-state index in [0.29, 0.717) is 19.4 Å². The number of rotatable bonds is 4. The molecule has 0 bridgehead atoms. The number of carbonyl (C=O) groups excluding carboxylic acids is 1. The van der Waals surface area contributed by atoms with Crippen molar-refractivity contribution >= 4 is 17.3 Å². The number of hydrazine groups is 1. The number of amides is 1. The summed E-state index contributed by atoms with van der Waals surface area (Å²) < 4.78 is 13.5. The van der Waals surface area contributed by atoms with Crippen molar-refractivity contribution in [2.45, 2.75) is 63.2 Å². The molecule has 4 atom stereocenters. The minimum atomic E-state index is -0.667. The van der Waals surface area contributed by atoms with Crippen LogP contribution < -0.4 is 31.7 Å². The van der Waals surface area contributed by atoms with Crippen LogP contribution in [0.25, 0.3) is 0 Å². The van der Waals surface area contributed by atoms with E-state index in [9.17, 15) is 9.18 Å². The van der Waals surface area contributed by atoms with Gasteiger partial charge >= 0.3 is 0 Å². The van der Waals surface area contributed by atoms with E-state index in [1.165, 1.54) is 25.7 Å². The number of nitrogens with zero attached hydrogens (tertiary/aromatic N) is 2. The molecule has 0 saturated carbocycles. The van der Waals surface area contributed by atoms with Crippen LogP contribution in [0.1, 0.15) is 38.5 Å². The molecule has 5 N–H and O–H groups in total. The minimum Gasteiger partial charge on any atom is -0.371 e. The number of likely N-dealkylation sites (tertiary alicyclic amines) is 1. The third kappa shape index (κ3) is 4.85. The molecule has 32 heavy (non-hydrogen) atoms. The fourth-order valence-electron chi connectivity index (χ4n) is 5.46. The third-order valence-corrected chi connectivity index (χ3v) is 7.32. The largest absolute Gasteiger partial charge is 0.371 e. The Morgan fingerprint density at radius 3 is 2.38 bits per heavy atom. The number of anilines is 2. The van der Waals surface area contributed by atoms with E-state index in [4.69, 9.17) is 0 Å². The average Bonchev–Trinajstić information content (AvgIpc) is 3.10. The minimum absolute atomic E-state index is 0.00113. The quantitative estimate of drug-likeness (QED) is 0.478. The van der Waals surface area contributed by atoms with Gasteiger partial charge in [-0.05, 0) is 49.9 Å². The van der Waals surface area contributed by atoms with Gasteiger partial charge in [0.2, 0.25) is 5.91 Å². The first-order valence-electron chi connectivity index (χ1n) is 12.2. The number of carbonyl (C=O) groups is 1. The average molecular weight is 446 g/mol. The zero-order chi connectivity index (χ0) is 21.9. The number of benzene rings is 1. The van der Waals surface area contributed by atoms with Gasteiger partial charge in [-0.2, -0.15) is 0 Å². The Hall–Kier alpha value is -1.94. The van der Waals surface area contributed by atoms with Crippen molar-refractivity contribution in [2.24, 2.45) is 5.92 Å². The number of hydrogen-bond donors (Lipinski definition) is 5. The van der Waals surface area contributed by atoms with Crippen LogP contribution in [0.3, 0.4) is 0 Å². The summed E-state index contributed by atoms with van der Waals surface area (Å²) in [4.78, 5) is 17.4. The topological polar surface area (TPSA) is 83.7 Å². The van der Waals surface area contributed by atoms with Crippen LogP contribution in [0.4, 0.5) is 15.8 Å². The Kier molecular flexibility index (Phi) is 6.77. The highest BCUT2D eigenvalue weighted by molar-refractivity contribution is 5.81. The molecule has 1 aromatic carbocycles. The lowest BCUT2D eigenvalue weighted by atomic mass is 9.91. The highest BCUT2D eigenvalue weighted by Crippen LogP contribution is 2.26. The van der Waals surface area contributed by atoms with Crippen LogP contribution in [0.15, 0.2) is 24.3 Å². The molecule has 4 heterocycles. The molecule has 4 fully saturated rings. The van der Waals surface area contributed by atoms with Crippen LogP contribution in [0, 0.1) is 5.92 Å². The fourth-order valence-corrected chi connectivity index (χ4v) is 5.46. The lowest BCUT2D eigenvalue weighted by molar-refractivity contribution is -0.132.